The Labute approximate surface area is 88.6 Å². The number of carbonyl (C=O) groups excluding carboxylic acids is 1. The third-order valence-corrected chi connectivity index (χ3v) is 1.73. The maximum Gasteiger partial charge on any atom is 0.323 e. The van der Waals surface area contributed by atoms with E-state index in [1.807, 2.05) is 6.92 Å². The van der Waals surface area contributed by atoms with Gasteiger partial charge in [0.25, 0.3) is 0 Å². The maximum atomic E-state index is 11.3. The number of aryl methyl sites for hydroxylation is 1. The van der Waals surface area contributed by atoms with Gasteiger partial charge in [-0.15, -0.1) is 0 Å². The Kier molecular flexibility index (Phi) is 3.33. The van der Waals surface area contributed by atoms with E-state index in [9.17, 15) is 9.90 Å². The fourth-order valence-electron chi connectivity index (χ4n) is 1.10. The number of hydrogen-bond donors (Lipinski definition) is 3. The first-order valence-corrected chi connectivity index (χ1v) is 4.52. The number of hydrogen-bond acceptors (Lipinski definition) is 2. The standard InChI is InChI=1S/C11H14N2O2/c1-7(2)12-11(15)13-9-6-8(3)4-5-10(9)14/h4-6,14H,1H2,2-3H3,(H2,12,13,15). The number of benzene rings is 1. The van der Waals surface area contributed by atoms with Crippen LogP contribution in [0.25, 0.3) is 0 Å². The molecular weight excluding hydrogens is 192 g/mol. The summed E-state index contributed by atoms with van der Waals surface area (Å²) in [6.45, 7) is 7.09. The van der Waals surface area contributed by atoms with Gasteiger partial charge in [-0.2, -0.15) is 0 Å². The molecule has 0 aliphatic carbocycles. The van der Waals surface area contributed by atoms with Crippen LogP contribution < -0.4 is 10.6 Å². The van der Waals surface area contributed by atoms with E-state index in [4.69, 9.17) is 0 Å². The van der Waals surface area contributed by atoms with Crippen LogP contribution in [0.1, 0.15) is 12.5 Å². The minimum absolute atomic E-state index is 0.0393. The van der Waals surface area contributed by atoms with Crippen molar-refractivity contribution in [3.8, 4) is 5.75 Å². The zero-order valence-electron chi connectivity index (χ0n) is 8.79. The van der Waals surface area contributed by atoms with Crippen molar-refractivity contribution in [1.29, 1.82) is 0 Å². The Balaban J connectivity index is 2.76. The lowest BCUT2D eigenvalue weighted by atomic mass is 10.2. The molecular formula is C11H14N2O2. The molecule has 1 rings (SSSR count). The topological polar surface area (TPSA) is 61.4 Å². The number of nitrogens with one attached hydrogen (secondary N) is 2. The Morgan fingerprint density at radius 2 is 2.13 bits per heavy atom. The van der Waals surface area contributed by atoms with Crippen LogP contribution >= 0.6 is 0 Å². The van der Waals surface area contributed by atoms with Gasteiger partial charge in [-0.3, -0.25) is 0 Å². The fraction of sp³-hybridized carbons (Fsp3) is 0.182. The minimum atomic E-state index is -0.414. The molecule has 0 unspecified atom stereocenters. The summed E-state index contributed by atoms with van der Waals surface area (Å²) in [4.78, 5) is 11.3. The van der Waals surface area contributed by atoms with Crippen molar-refractivity contribution in [2.45, 2.75) is 13.8 Å². The van der Waals surface area contributed by atoms with Gasteiger partial charge in [0, 0.05) is 5.70 Å². The molecule has 1 aromatic carbocycles. The van der Waals surface area contributed by atoms with E-state index in [-0.39, 0.29) is 5.75 Å². The molecule has 0 bridgehead atoms. The van der Waals surface area contributed by atoms with E-state index < -0.39 is 6.03 Å². The largest absolute Gasteiger partial charge is 0.506 e. The average Bonchev–Trinajstić information content (AvgIpc) is 2.10. The number of phenolic OH excluding ortho intramolecular Hbond substituents is 1. The summed E-state index contributed by atoms with van der Waals surface area (Å²) in [5, 5.41) is 14.5. The van der Waals surface area contributed by atoms with E-state index in [2.05, 4.69) is 17.2 Å². The van der Waals surface area contributed by atoms with Crippen molar-refractivity contribution in [2.24, 2.45) is 0 Å². The Bertz CT molecular complexity index is 400. The molecule has 0 aromatic heterocycles. The van der Waals surface area contributed by atoms with Crippen molar-refractivity contribution >= 4 is 11.7 Å². The molecule has 0 spiro atoms. The summed E-state index contributed by atoms with van der Waals surface area (Å²) in [5.74, 6) is 0.0393. The molecule has 0 aliphatic rings. The van der Waals surface area contributed by atoms with Crippen LogP contribution in [0, 0.1) is 6.92 Å². The quantitative estimate of drug-likeness (QED) is 0.650. The van der Waals surface area contributed by atoms with Gasteiger partial charge in [-0.25, -0.2) is 4.79 Å². The Hall–Kier alpha value is -1.97. The van der Waals surface area contributed by atoms with E-state index in [1.54, 1.807) is 19.1 Å². The molecule has 3 N–H and O–H groups in total. The van der Waals surface area contributed by atoms with E-state index >= 15 is 0 Å². The lowest BCUT2D eigenvalue weighted by Gasteiger charge is -2.09. The second kappa shape index (κ2) is 4.50. The molecule has 15 heavy (non-hydrogen) atoms. The van der Waals surface area contributed by atoms with Gasteiger partial charge in [0.05, 0.1) is 5.69 Å². The number of anilines is 1. The van der Waals surface area contributed by atoms with E-state index in [0.717, 1.165) is 5.56 Å². The lowest BCUT2D eigenvalue weighted by Crippen LogP contribution is -2.26. The van der Waals surface area contributed by atoms with Crippen molar-refractivity contribution < 1.29 is 9.90 Å². The van der Waals surface area contributed by atoms with Gasteiger partial charge >= 0.3 is 6.03 Å². The number of urea groups is 1. The highest BCUT2D eigenvalue weighted by Crippen LogP contribution is 2.23. The Morgan fingerprint density at radius 1 is 1.47 bits per heavy atom. The molecule has 0 radical (unpaired) electrons. The number of rotatable bonds is 2. The summed E-state index contributed by atoms with van der Waals surface area (Å²) in [6.07, 6.45) is 0. The van der Waals surface area contributed by atoms with Gasteiger partial charge in [0.15, 0.2) is 0 Å². The summed E-state index contributed by atoms with van der Waals surface area (Å²) >= 11 is 0. The normalized spacial score (nSPS) is 9.47. The summed E-state index contributed by atoms with van der Waals surface area (Å²) in [7, 11) is 0. The number of aromatic hydroxyl groups is 1. The highest BCUT2D eigenvalue weighted by molar-refractivity contribution is 5.91. The molecule has 0 fully saturated rings. The molecule has 0 saturated carbocycles. The molecule has 1 aromatic rings. The van der Waals surface area contributed by atoms with Crippen LogP contribution in [-0.4, -0.2) is 11.1 Å². The number of carbonyl (C=O) groups is 1. The molecule has 0 heterocycles. The maximum absolute atomic E-state index is 11.3. The smallest absolute Gasteiger partial charge is 0.323 e. The van der Waals surface area contributed by atoms with Crippen molar-refractivity contribution in [3.63, 3.8) is 0 Å². The molecule has 4 heteroatoms. The summed E-state index contributed by atoms with van der Waals surface area (Å²) in [6, 6.07) is 4.57. The number of phenols is 1. The van der Waals surface area contributed by atoms with Crippen molar-refractivity contribution in [1.82, 2.24) is 5.32 Å². The molecule has 0 atom stereocenters. The second-order valence-electron chi connectivity index (χ2n) is 3.38. The molecule has 2 amide bonds. The van der Waals surface area contributed by atoms with E-state index in [1.165, 1.54) is 6.07 Å². The predicted octanol–water partition coefficient (Wildman–Crippen LogP) is 2.36. The van der Waals surface area contributed by atoms with Gasteiger partial charge in [0.1, 0.15) is 5.75 Å². The van der Waals surface area contributed by atoms with Gasteiger partial charge in [-0.1, -0.05) is 12.6 Å². The highest BCUT2D eigenvalue weighted by atomic mass is 16.3. The van der Waals surface area contributed by atoms with Crippen LogP contribution in [0.5, 0.6) is 5.75 Å². The molecule has 0 saturated heterocycles. The average molecular weight is 206 g/mol. The Morgan fingerprint density at radius 3 is 2.73 bits per heavy atom. The van der Waals surface area contributed by atoms with E-state index in [0.29, 0.717) is 11.4 Å². The summed E-state index contributed by atoms with van der Waals surface area (Å²) < 4.78 is 0. The first-order valence-electron chi connectivity index (χ1n) is 4.52. The van der Waals surface area contributed by atoms with Crippen LogP contribution in [0.4, 0.5) is 10.5 Å². The van der Waals surface area contributed by atoms with Crippen molar-refractivity contribution in [2.75, 3.05) is 5.32 Å². The third kappa shape index (κ3) is 3.34. The van der Waals surface area contributed by atoms with Crippen LogP contribution in [0.15, 0.2) is 30.5 Å². The first-order chi connectivity index (χ1) is 6.99. The highest BCUT2D eigenvalue weighted by Gasteiger charge is 2.05. The monoisotopic (exact) mass is 206 g/mol. The number of allylic oxidation sites excluding steroid dienone is 1. The molecule has 0 aliphatic heterocycles. The van der Waals surface area contributed by atoms with Gasteiger partial charge in [0.2, 0.25) is 0 Å². The fourth-order valence-corrected chi connectivity index (χ4v) is 1.10. The first kappa shape index (κ1) is 11.1. The second-order valence-corrected chi connectivity index (χ2v) is 3.38. The zero-order chi connectivity index (χ0) is 11.4. The summed E-state index contributed by atoms with van der Waals surface area (Å²) in [5.41, 5.74) is 1.88. The lowest BCUT2D eigenvalue weighted by molar-refractivity contribution is 0.254. The van der Waals surface area contributed by atoms with Crippen LogP contribution in [0.2, 0.25) is 0 Å². The predicted molar refractivity (Wildman–Crippen MR) is 59.8 cm³/mol. The van der Waals surface area contributed by atoms with Gasteiger partial charge < -0.3 is 15.7 Å². The SMILES string of the molecule is C=C(C)NC(=O)Nc1cc(C)ccc1O. The van der Waals surface area contributed by atoms with Crippen molar-refractivity contribution in [3.05, 3.63) is 36.0 Å². The third-order valence-electron chi connectivity index (χ3n) is 1.73. The molecule has 80 valence electrons. The van der Waals surface area contributed by atoms with Crippen LogP contribution in [-0.2, 0) is 0 Å². The number of amides is 2. The zero-order valence-corrected chi connectivity index (χ0v) is 8.79. The van der Waals surface area contributed by atoms with Crippen LogP contribution in [0.3, 0.4) is 0 Å². The van der Waals surface area contributed by atoms with Gasteiger partial charge in [-0.05, 0) is 31.5 Å². The minimum Gasteiger partial charge on any atom is -0.506 e. The molecule has 4 nitrogen and oxygen atoms in total.